The molecule has 0 spiro atoms. The zero-order valence-corrected chi connectivity index (χ0v) is 16.7. The van der Waals surface area contributed by atoms with Gasteiger partial charge >= 0.3 is 0 Å². The largest absolute Gasteiger partial charge is 0.389 e. The Morgan fingerprint density at radius 1 is 1.08 bits per heavy atom. The summed E-state index contributed by atoms with van der Waals surface area (Å²) in [4.78, 5) is 0.238. The first-order chi connectivity index (χ1) is 10.9. The summed E-state index contributed by atoms with van der Waals surface area (Å²) in [7, 11) is -3.65. The summed E-state index contributed by atoms with van der Waals surface area (Å²) in [5.74, 6) is 0.742. The number of nitrogens with one attached hydrogen (secondary N) is 1. The van der Waals surface area contributed by atoms with E-state index < -0.39 is 21.7 Å². The number of hydrogen-bond donors (Lipinski definition) is 2. The average molecular weight is 356 g/mol. The van der Waals surface area contributed by atoms with Gasteiger partial charge in [-0.05, 0) is 57.1 Å². The fourth-order valence-corrected chi connectivity index (χ4v) is 3.98. The molecule has 1 aromatic carbocycles. The van der Waals surface area contributed by atoms with Gasteiger partial charge in [-0.2, -0.15) is 0 Å². The molecular weight excluding hydrogens is 322 g/mol. The first-order valence-electron chi connectivity index (χ1n) is 8.75. The van der Waals surface area contributed by atoms with Crippen molar-refractivity contribution < 1.29 is 13.5 Å². The maximum atomic E-state index is 12.7. The van der Waals surface area contributed by atoms with Gasteiger partial charge in [-0.25, -0.2) is 13.1 Å². The number of sulfonamides is 1. The van der Waals surface area contributed by atoms with Crippen LogP contribution in [0, 0.1) is 18.8 Å². The second kappa shape index (κ2) is 8.45. The summed E-state index contributed by atoms with van der Waals surface area (Å²) < 4.78 is 28.1. The van der Waals surface area contributed by atoms with E-state index in [1.807, 2.05) is 20.8 Å². The molecule has 24 heavy (non-hydrogen) atoms. The van der Waals surface area contributed by atoms with Gasteiger partial charge in [-0.3, -0.25) is 0 Å². The Kier molecular flexibility index (Phi) is 7.44. The Labute approximate surface area is 147 Å². The maximum absolute atomic E-state index is 12.7. The van der Waals surface area contributed by atoms with Crippen molar-refractivity contribution in [2.45, 2.75) is 77.3 Å². The van der Waals surface area contributed by atoms with Gasteiger partial charge in [0.05, 0.1) is 16.5 Å². The van der Waals surface area contributed by atoms with Gasteiger partial charge < -0.3 is 5.11 Å². The highest BCUT2D eigenvalue weighted by atomic mass is 32.2. The van der Waals surface area contributed by atoms with Crippen LogP contribution in [0.25, 0.3) is 0 Å². The summed E-state index contributed by atoms with van der Waals surface area (Å²) >= 11 is 0. The number of aliphatic hydroxyl groups is 1. The third-order valence-electron chi connectivity index (χ3n) is 4.31. The molecule has 4 nitrogen and oxygen atoms in total. The van der Waals surface area contributed by atoms with Crippen molar-refractivity contribution in [1.29, 1.82) is 0 Å². The lowest BCUT2D eigenvalue weighted by Crippen LogP contribution is -2.51. The minimum absolute atomic E-state index is 0.238. The van der Waals surface area contributed by atoms with Gasteiger partial charge in [-0.15, -0.1) is 0 Å². The molecule has 0 aliphatic carbocycles. The molecule has 0 heterocycles. The van der Waals surface area contributed by atoms with Crippen LogP contribution in [-0.2, 0) is 10.0 Å². The molecule has 0 aliphatic rings. The Bertz CT molecular complexity index is 604. The van der Waals surface area contributed by atoms with Crippen molar-refractivity contribution in [2.24, 2.45) is 11.8 Å². The van der Waals surface area contributed by atoms with Crippen molar-refractivity contribution in [2.75, 3.05) is 0 Å². The number of hydrogen-bond acceptors (Lipinski definition) is 3. The predicted molar refractivity (Wildman–Crippen MR) is 99.4 cm³/mol. The topological polar surface area (TPSA) is 66.4 Å². The zero-order valence-electron chi connectivity index (χ0n) is 15.8. The molecule has 138 valence electrons. The second-order valence-corrected chi connectivity index (χ2v) is 9.62. The molecule has 0 fully saturated rings. The first kappa shape index (κ1) is 21.1. The van der Waals surface area contributed by atoms with Crippen LogP contribution in [0.5, 0.6) is 0 Å². The summed E-state index contributed by atoms with van der Waals surface area (Å²) in [6, 6.07) is 6.26. The molecule has 5 heteroatoms. The molecule has 0 saturated heterocycles. The molecule has 1 aromatic rings. The maximum Gasteiger partial charge on any atom is 0.240 e. The lowest BCUT2D eigenvalue weighted by atomic mass is 9.85. The van der Waals surface area contributed by atoms with Gasteiger partial charge in [0.1, 0.15) is 0 Å². The Hall–Kier alpha value is -0.910. The molecule has 0 bridgehead atoms. The van der Waals surface area contributed by atoms with Crippen LogP contribution in [0.3, 0.4) is 0 Å². The molecular formula is C19H33NO3S. The molecule has 0 amide bonds. The molecule has 0 radical (unpaired) electrons. The van der Waals surface area contributed by atoms with Gasteiger partial charge in [-0.1, -0.05) is 45.4 Å². The third-order valence-corrected chi connectivity index (χ3v) is 5.80. The third kappa shape index (κ3) is 6.54. The summed E-state index contributed by atoms with van der Waals surface area (Å²) in [6.45, 7) is 11.9. The summed E-state index contributed by atoms with van der Waals surface area (Å²) in [5, 5.41) is 10.9. The van der Waals surface area contributed by atoms with Crippen LogP contribution in [0.2, 0.25) is 0 Å². The van der Waals surface area contributed by atoms with Crippen LogP contribution in [0.15, 0.2) is 29.2 Å². The van der Waals surface area contributed by atoms with Crippen LogP contribution in [0.1, 0.15) is 59.4 Å². The highest BCUT2D eigenvalue weighted by Gasteiger charge is 2.35. The fraction of sp³-hybridized carbons (Fsp3) is 0.684. The van der Waals surface area contributed by atoms with E-state index in [0.717, 1.165) is 12.0 Å². The summed E-state index contributed by atoms with van der Waals surface area (Å²) in [5.41, 5.74) is -0.0663. The van der Waals surface area contributed by atoms with Crippen molar-refractivity contribution in [3.63, 3.8) is 0 Å². The van der Waals surface area contributed by atoms with Crippen LogP contribution >= 0.6 is 0 Å². The quantitative estimate of drug-likeness (QED) is 0.706. The van der Waals surface area contributed by atoms with E-state index in [4.69, 9.17) is 0 Å². The SMILES string of the molecule is Cc1ccc(S(=O)(=O)NC(CC(C)C)C(C)(O)CCC(C)C)cc1. The highest BCUT2D eigenvalue weighted by molar-refractivity contribution is 7.89. The molecule has 0 aliphatic heterocycles. The summed E-state index contributed by atoms with van der Waals surface area (Å²) in [6.07, 6.45) is 2.02. The lowest BCUT2D eigenvalue weighted by molar-refractivity contribution is 0.00752. The molecule has 1 rings (SSSR count). The van der Waals surface area contributed by atoms with Crippen LogP contribution in [-0.4, -0.2) is 25.2 Å². The Morgan fingerprint density at radius 2 is 1.62 bits per heavy atom. The molecule has 0 saturated carbocycles. The molecule has 2 atom stereocenters. The highest BCUT2D eigenvalue weighted by Crippen LogP contribution is 2.26. The zero-order chi connectivity index (χ0) is 18.5. The first-order valence-corrected chi connectivity index (χ1v) is 10.2. The predicted octanol–water partition coefficient (Wildman–Crippen LogP) is 3.88. The van der Waals surface area contributed by atoms with Crippen LogP contribution in [0.4, 0.5) is 0 Å². The number of rotatable bonds is 9. The number of aryl methyl sites for hydroxylation is 1. The van der Waals surface area contributed by atoms with Gasteiger partial charge in [0.2, 0.25) is 10.0 Å². The standard InChI is InChI=1S/C19H33NO3S/c1-14(2)11-12-19(6,21)18(13-15(3)4)20-24(22,23)17-9-7-16(5)8-10-17/h7-10,14-15,18,20-21H,11-13H2,1-6H3. The van der Waals surface area contributed by atoms with Gasteiger partial charge in [0.15, 0.2) is 0 Å². The van der Waals surface area contributed by atoms with Crippen molar-refractivity contribution in [1.82, 2.24) is 4.72 Å². The molecule has 2 N–H and O–H groups in total. The molecule has 0 aromatic heterocycles. The van der Waals surface area contributed by atoms with E-state index in [1.165, 1.54) is 0 Å². The average Bonchev–Trinajstić information content (AvgIpc) is 2.44. The molecule has 2 unspecified atom stereocenters. The minimum atomic E-state index is -3.65. The Balaban J connectivity index is 3.01. The van der Waals surface area contributed by atoms with Crippen molar-refractivity contribution >= 4 is 10.0 Å². The van der Waals surface area contributed by atoms with E-state index in [-0.39, 0.29) is 10.8 Å². The van der Waals surface area contributed by atoms with Gasteiger partial charge in [0.25, 0.3) is 0 Å². The van der Waals surface area contributed by atoms with E-state index in [0.29, 0.717) is 18.8 Å². The van der Waals surface area contributed by atoms with E-state index in [2.05, 4.69) is 18.6 Å². The van der Waals surface area contributed by atoms with Crippen molar-refractivity contribution in [3.8, 4) is 0 Å². The number of benzene rings is 1. The van der Waals surface area contributed by atoms with E-state index >= 15 is 0 Å². The second-order valence-electron chi connectivity index (χ2n) is 7.91. The minimum Gasteiger partial charge on any atom is -0.389 e. The normalized spacial score (nSPS) is 16.4. The van der Waals surface area contributed by atoms with Crippen molar-refractivity contribution in [3.05, 3.63) is 29.8 Å². The lowest BCUT2D eigenvalue weighted by Gasteiger charge is -2.35. The van der Waals surface area contributed by atoms with Gasteiger partial charge in [0, 0.05) is 0 Å². The van der Waals surface area contributed by atoms with Crippen LogP contribution < -0.4 is 4.72 Å². The Morgan fingerprint density at radius 3 is 2.08 bits per heavy atom. The fourth-order valence-electron chi connectivity index (χ4n) is 2.63. The monoisotopic (exact) mass is 355 g/mol. The van der Waals surface area contributed by atoms with E-state index in [9.17, 15) is 13.5 Å². The van der Waals surface area contributed by atoms with E-state index in [1.54, 1.807) is 31.2 Å². The smallest absolute Gasteiger partial charge is 0.240 e.